The molecule has 2 N–H and O–H groups in total. The minimum atomic E-state index is -3.79. The smallest absolute Gasteiger partial charge is 0.269 e. The number of carbonyl (C=O) groups excluding carboxylic acids is 1. The third-order valence-corrected chi connectivity index (χ3v) is 4.07. The van der Waals surface area contributed by atoms with Gasteiger partial charge in [0.15, 0.2) is 0 Å². The molecule has 0 radical (unpaired) electrons. The summed E-state index contributed by atoms with van der Waals surface area (Å²) < 4.78 is 26.1. The van der Waals surface area contributed by atoms with Gasteiger partial charge in [-0.05, 0) is 12.1 Å². The van der Waals surface area contributed by atoms with Crippen LogP contribution in [0.2, 0.25) is 0 Å². The van der Waals surface area contributed by atoms with Gasteiger partial charge in [-0.1, -0.05) is 6.92 Å². The van der Waals surface area contributed by atoms with Crippen LogP contribution in [0.15, 0.2) is 29.2 Å². The summed E-state index contributed by atoms with van der Waals surface area (Å²) in [6, 6.07) is 4.50. The molecular formula is C11H15N3O5S. The number of carbonyl (C=O) groups is 1. The van der Waals surface area contributed by atoms with Gasteiger partial charge in [0.05, 0.1) is 9.82 Å². The van der Waals surface area contributed by atoms with E-state index in [-0.39, 0.29) is 23.0 Å². The van der Waals surface area contributed by atoms with Crippen LogP contribution in [-0.2, 0) is 14.8 Å². The lowest BCUT2D eigenvalue weighted by atomic mass is 10.2. The first kappa shape index (κ1) is 16.1. The summed E-state index contributed by atoms with van der Waals surface area (Å²) in [7, 11) is -2.33. The van der Waals surface area contributed by atoms with Crippen LogP contribution in [0.25, 0.3) is 0 Å². The molecule has 0 heterocycles. The molecule has 1 aromatic rings. The Morgan fingerprint density at radius 2 is 1.90 bits per heavy atom. The van der Waals surface area contributed by atoms with Gasteiger partial charge in [-0.15, -0.1) is 0 Å². The second kappa shape index (κ2) is 6.44. The SMILES string of the molecule is CNC(=O)[C@@H](C)CNS(=O)(=O)c1ccc([N+](=O)[O-])cc1. The van der Waals surface area contributed by atoms with Crippen LogP contribution in [0.4, 0.5) is 5.69 Å². The summed E-state index contributed by atoms with van der Waals surface area (Å²) in [5.74, 6) is -0.802. The van der Waals surface area contributed by atoms with Gasteiger partial charge >= 0.3 is 0 Å². The molecule has 0 unspecified atom stereocenters. The molecular weight excluding hydrogens is 286 g/mol. The highest BCUT2D eigenvalue weighted by Gasteiger charge is 2.18. The summed E-state index contributed by atoms with van der Waals surface area (Å²) in [5, 5.41) is 12.9. The molecule has 0 saturated heterocycles. The van der Waals surface area contributed by atoms with Crippen molar-refractivity contribution in [3.63, 3.8) is 0 Å². The quantitative estimate of drug-likeness (QED) is 0.577. The molecule has 8 nitrogen and oxygen atoms in total. The van der Waals surface area contributed by atoms with Gasteiger partial charge in [-0.3, -0.25) is 14.9 Å². The maximum Gasteiger partial charge on any atom is 0.269 e. The van der Waals surface area contributed by atoms with Crippen molar-refractivity contribution in [3.8, 4) is 0 Å². The zero-order chi connectivity index (χ0) is 15.3. The fourth-order valence-electron chi connectivity index (χ4n) is 1.40. The molecule has 0 aliphatic carbocycles. The minimum absolute atomic E-state index is 0.0566. The summed E-state index contributed by atoms with van der Waals surface area (Å²) in [6.45, 7) is 1.52. The summed E-state index contributed by atoms with van der Waals surface area (Å²) in [6.07, 6.45) is 0. The maximum absolute atomic E-state index is 11.9. The largest absolute Gasteiger partial charge is 0.359 e. The maximum atomic E-state index is 11.9. The predicted octanol–water partition coefficient (Wildman–Crippen LogP) is 0.255. The Morgan fingerprint density at radius 1 is 1.35 bits per heavy atom. The van der Waals surface area contributed by atoms with Crippen LogP contribution in [0.1, 0.15) is 6.92 Å². The number of amides is 1. The lowest BCUT2D eigenvalue weighted by molar-refractivity contribution is -0.384. The Morgan fingerprint density at radius 3 is 2.35 bits per heavy atom. The molecule has 1 rings (SSSR count). The van der Waals surface area contributed by atoms with Crippen molar-refractivity contribution in [2.75, 3.05) is 13.6 Å². The van der Waals surface area contributed by atoms with Gasteiger partial charge in [-0.25, -0.2) is 13.1 Å². The molecule has 1 atom stereocenters. The zero-order valence-electron chi connectivity index (χ0n) is 11.0. The number of rotatable bonds is 6. The average Bonchev–Trinajstić information content (AvgIpc) is 2.44. The topological polar surface area (TPSA) is 118 Å². The first-order valence-electron chi connectivity index (χ1n) is 5.73. The van der Waals surface area contributed by atoms with Gasteiger partial charge in [0.25, 0.3) is 5.69 Å². The molecule has 20 heavy (non-hydrogen) atoms. The number of sulfonamides is 1. The van der Waals surface area contributed by atoms with E-state index in [9.17, 15) is 23.3 Å². The van der Waals surface area contributed by atoms with Crippen molar-refractivity contribution in [1.29, 1.82) is 0 Å². The van der Waals surface area contributed by atoms with Gasteiger partial charge in [0, 0.05) is 31.6 Å². The van der Waals surface area contributed by atoms with E-state index in [0.29, 0.717) is 0 Å². The molecule has 1 amide bonds. The number of nitro benzene ring substituents is 1. The highest BCUT2D eigenvalue weighted by atomic mass is 32.2. The highest BCUT2D eigenvalue weighted by molar-refractivity contribution is 7.89. The number of non-ortho nitro benzene ring substituents is 1. The van der Waals surface area contributed by atoms with E-state index in [1.807, 2.05) is 0 Å². The minimum Gasteiger partial charge on any atom is -0.359 e. The van der Waals surface area contributed by atoms with E-state index in [1.54, 1.807) is 6.92 Å². The second-order valence-corrected chi connectivity index (χ2v) is 5.89. The van der Waals surface area contributed by atoms with E-state index in [2.05, 4.69) is 10.0 Å². The number of benzene rings is 1. The Labute approximate surface area is 116 Å². The molecule has 0 bridgehead atoms. The third-order valence-electron chi connectivity index (χ3n) is 2.63. The molecule has 0 aromatic heterocycles. The van der Waals surface area contributed by atoms with Crippen LogP contribution in [0.3, 0.4) is 0 Å². The highest BCUT2D eigenvalue weighted by Crippen LogP contribution is 2.15. The van der Waals surface area contributed by atoms with Crippen molar-refractivity contribution in [3.05, 3.63) is 34.4 Å². The van der Waals surface area contributed by atoms with E-state index in [4.69, 9.17) is 0 Å². The average molecular weight is 301 g/mol. The first-order chi connectivity index (χ1) is 9.27. The van der Waals surface area contributed by atoms with Gasteiger partial charge in [0.1, 0.15) is 0 Å². The van der Waals surface area contributed by atoms with E-state index in [0.717, 1.165) is 24.3 Å². The lowest BCUT2D eigenvalue weighted by Crippen LogP contribution is -2.35. The number of nitrogens with zero attached hydrogens (tertiary/aromatic N) is 1. The van der Waals surface area contributed by atoms with Crippen LogP contribution < -0.4 is 10.0 Å². The van der Waals surface area contributed by atoms with Crippen LogP contribution in [0, 0.1) is 16.0 Å². The Kier molecular flexibility index (Phi) is 5.17. The molecule has 0 fully saturated rings. The predicted molar refractivity (Wildman–Crippen MR) is 71.5 cm³/mol. The molecule has 9 heteroatoms. The fourth-order valence-corrected chi connectivity index (χ4v) is 2.53. The Balaban J connectivity index is 2.79. The molecule has 1 aromatic carbocycles. The Bertz CT molecular complexity index is 597. The van der Waals surface area contributed by atoms with Gasteiger partial charge in [0.2, 0.25) is 15.9 Å². The molecule has 0 aliphatic rings. The standard InChI is InChI=1S/C11H15N3O5S/c1-8(11(15)12-2)7-13-20(18,19)10-5-3-9(4-6-10)14(16)17/h3-6,8,13H,7H2,1-2H3,(H,12,15)/t8-/m0/s1. The Hall–Kier alpha value is -2.00. The normalized spacial score (nSPS) is 12.7. The van der Waals surface area contributed by atoms with Crippen LogP contribution in [0.5, 0.6) is 0 Å². The summed E-state index contributed by atoms with van der Waals surface area (Å²) >= 11 is 0. The van der Waals surface area contributed by atoms with E-state index < -0.39 is 20.9 Å². The van der Waals surface area contributed by atoms with Crippen molar-refractivity contribution >= 4 is 21.6 Å². The van der Waals surface area contributed by atoms with Gasteiger partial charge < -0.3 is 5.32 Å². The summed E-state index contributed by atoms with van der Waals surface area (Å²) in [4.78, 5) is 21.0. The molecule has 0 spiro atoms. The van der Waals surface area contributed by atoms with Crippen molar-refractivity contribution < 1.29 is 18.1 Å². The van der Waals surface area contributed by atoms with E-state index >= 15 is 0 Å². The van der Waals surface area contributed by atoms with Gasteiger partial charge in [-0.2, -0.15) is 0 Å². The summed E-state index contributed by atoms with van der Waals surface area (Å²) in [5.41, 5.74) is -0.192. The third kappa shape index (κ3) is 4.00. The van der Waals surface area contributed by atoms with Crippen molar-refractivity contribution in [1.82, 2.24) is 10.0 Å². The molecule has 0 saturated carbocycles. The lowest BCUT2D eigenvalue weighted by Gasteiger charge is -2.11. The van der Waals surface area contributed by atoms with Crippen molar-refractivity contribution in [2.45, 2.75) is 11.8 Å². The number of nitrogens with one attached hydrogen (secondary N) is 2. The monoisotopic (exact) mass is 301 g/mol. The fraction of sp³-hybridized carbons (Fsp3) is 0.364. The number of nitro groups is 1. The zero-order valence-corrected chi connectivity index (χ0v) is 11.8. The first-order valence-corrected chi connectivity index (χ1v) is 7.22. The van der Waals surface area contributed by atoms with Crippen LogP contribution in [-0.4, -0.2) is 32.8 Å². The second-order valence-electron chi connectivity index (χ2n) is 4.12. The molecule has 0 aliphatic heterocycles. The number of hydrogen-bond donors (Lipinski definition) is 2. The van der Waals surface area contributed by atoms with E-state index in [1.165, 1.54) is 7.05 Å². The van der Waals surface area contributed by atoms with Crippen LogP contribution >= 0.6 is 0 Å². The number of hydrogen-bond acceptors (Lipinski definition) is 5. The molecule has 110 valence electrons. The van der Waals surface area contributed by atoms with Crippen molar-refractivity contribution in [2.24, 2.45) is 5.92 Å².